The third-order valence-corrected chi connectivity index (χ3v) is 3.93. The van der Waals surface area contributed by atoms with Gasteiger partial charge in [0.25, 0.3) is 0 Å². The molecule has 3 heteroatoms. The molecular weight excluding hydrogens is 224 g/mol. The van der Waals surface area contributed by atoms with E-state index in [1.165, 1.54) is 5.56 Å². The first-order valence-electron chi connectivity index (χ1n) is 6.78. The predicted octanol–water partition coefficient (Wildman–Crippen LogP) is 2.44. The molecule has 0 bridgehead atoms. The van der Waals surface area contributed by atoms with Crippen LogP contribution in [0.2, 0.25) is 0 Å². The van der Waals surface area contributed by atoms with Gasteiger partial charge in [-0.25, -0.2) is 0 Å². The quantitative estimate of drug-likeness (QED) is 0.828. The van der Waals surface area contributed by atoms with Gasteiger partial charge in [-0.2, -0.15) is 5.48 Å². The van der Waals surface area contributed by atoms with E-state index in [0.717, 1.165) is 13.0 Å². The topological polar surface area (TPSA) is 24.5 Å². The molecule has 2 rings (SSSR count). The SMILES string of the molecule is CC1CN(C)C(C)CC1NOCc1ccccc1. The summed E-state index contributed by atoms with van der Waals surface area (Å²) >= 11 is 0. The molecule has 1 N–H and O–H groups in total. The molecule has 3 unspecified atom stereocenters. The number of benzene rings is 1. The van der Waals surface area contributed by atoms with Gasteiger partial charge in [0.15, 0.2) is 0 Å². The van der Waals surface area contributed by atoms with E-state index < -0.39 is 0 Å². The Morgan fingerprint density at radius 3 is 2.72 bits per heavy atom. The van der Waals surface area contributed by atoms with E-state index in [1.807, 2.05) is 18.2 Å². The monoisotopic (exact) mass is 248 g/mol. The number of hydrogen-bond donors (Lipinski definition) is 1. The average molecular weight is 248 g/mol. The van der Waals surface area contributed by atoms with Crippen molar-refractivity contribution >= 4 is 0 Å². The van der Waals surface area contributed by atoms with Crippen LogP contribution in [0.25, 0.3) is 0 Å². The summed E-state index contributed by atoms with van der Waals surface area (Å²) in [5, 5.41) is 0. The highest BCUT2D eigenvalue weighted by Gasteiger charge is 2.28. The summed E-state index contributed by atoms with van der Waals surface area (Å²) in [6.07, 6.45) is 1.15. The van der Waals surface area contributed by atoms with E-state index in [0.29, 0.717) is 24.6 Å². The maximum atomic E-state index is 5.64. The van der Waals surface area contributed by atoms with Gasteiger partial charge >= 0.3 is 0 Å². The molecule has 1 aromatic carbocycles. The highest BCUT2D eigenvalue weighted by molar-refractivity contribution is 5.13. The van der Waals surface area contributed by atoms with Crippen molar-refractivity contribution < 1.29 is 4.84 Å². The van der Waals surface area contributed by atoms with E-state index in [-0.39, 0.29) is 0 Å². The first-order valence-corrected chi connectivity index (χ1v) is 6.78. The van der Waals surface area contributed by atoms with Gasteiger partial charge in [0, 0.05) is 18.6 Å². The van der Waals surface area contributed by atoms with Gasteiger partial charge in [-0.15, -0.1) is 0 Å². The Morgan fingerprint density at radius 2 is 2.00 bits per heavy atom. The Balaban J connectivity index is 1.76. The summed E-state index contributed by atoms with van der Waals surface area (Å²) in [6, 6.07) is 11.4. The molecule has 100 valence electrons. The van der Waals surface area contributed by atoms with Crippen LogP contribution in [-0.2, 0) is 11.4 Å². The normalized spacial score (nSPS) is 29.4. The highest BCUT2D eigenvalue weighted by Crippen LogP contribution is 2.20. The second kappa shape index (κ2) is 6.32. The molecule has 0 radical (unpaired) electrons. The van der Waals surface area contributed by atoms with Crippen LogP contribution in [0.15, 0.2) is 30.3 Å². The van der Waals surface area contributed by atoms with Crippen molar-refractivity contribution in [3.05, 3.63) is 35.9 Å². The van der Waals surface area contributed by atoms with E-state index in [4.69, 9.17) is 4.84 Å². The summed E-state index contributed by atoms with van der Waals surface area (Å²) in [4.78, 5) is 8.06. The van der Waals surface area contributed by atoms with Crippen LogP contribution in [0.3, 0.4) is 0 Å². The first-order chi connectivity index (χ1) is 8.66. The molecule has 1 fully saturated rings. The summed E-state index contributed by atoms with van der Waals surface area (Å²) in [5.74, 6) is 0.627. The Hall–Kier alpha value is -0.900. The second-order valence-corrected chi connectivity index (χ2v) is 5.50. The average Bonchev–Trinajstić information content (AvgIpc) is 2.37. The van der Waals surface area contributed by atoms with Crippen LogP contribution in [0, 0.1) is 5.92 Å². The molecule has 1 aromatic rings. The van der Waals surface area contributed by atoms with Crippen molar-refractivity contribution in [1.29, 1.82) is 0 Å². The number of hydroxylamine groups is 1. The maximum absolute atomic E-state index is 5.64. The molecule has 0 aromatic heterocycles. The van der Waals surface area contributed by atoms with Crippen LogP contribution in [-0.4, -0.2) is 30.6 Å². The Bertz CT molecular complexity index is 355. The minimum atomic E-state index is 0.458. The molecule has 18 heavy (non-hydrogen) atoms. The zero-order valence-electron chi connectivity index (χ0n) is 11.6. The van der Waals surface area contributed by atoms with Crippen molar-refractivity contribution in [3.63, 3.8) is 0 Å². The third kappa shape index (κ3) is 3.55. The zero-order chi connectivity index (χ0) is 13.0. The number of hydrogen-bond acceptors (Lipinski definition) is 3. The lowest BCUT2D eigenvalue weighted by Crippen LogP contribution is -2.50. The summed E-state index contributed by atoms with van der Waals surface area (Å²) < 4.78 is 0. The standard InChI is InChI=1S/C15H24N2O/c1-12-10-17(3)13(2)9-15(12)16-18-11-14-7-5-4-6-8-14/h4-8,12-13,15-16H,9-11H2,1-3H3. The lowest BCUT2D eigenvalue weighted by molar-refractivity contribution is -0.0336. The molecule has 1 aliphatic heterocycles. The molecule has 0 amide bonds. The third-order valence-electron chi connectivity index (χ3n) is 3.93. The number of nitrogens with zero attached hydrogens (tertiary/aromatic N) is 1. The Morgan fingerprint density at radius 1 is 1.28 bits per heavy atom. The molecule has 3 nitrogen and oxygen atoms in total. The van der Waals surface area contributed by atoms with Gasteiger partial charge in [-0.05, 0) is 31.9 Å². The van der Waals surface area contributed by atoms with Gasteiger partial charge in [-0.1, -0.05) is 37.3 Å². The van der Waals surface area contributed by atoms with E-state index in [2.05, 4.69) is 43.4 Å². The maximum Gasteiger partial charge on any atom is 0.0933 e. The van der Waals surface area contributed by atoms with Crippen LogP contribution < -0.4 is 5.48 Å². The van der Waals surface area contributed by atoms with Gasteiger partial charge < -0.3 is 4.90 Å². The predicted molar refractivity (Wildman–Crippen MR) is 74.0 cm³/mol. The van der Waals surface area contributed by atoms with Crippen molar-refractivity contribution in [2.45, 2.75) is 39.0 Å². The zero-order valence-corrected chi connectivity index (χ0v) is 11.6. The van der Waals surface area contributed by atoms with Crippen LogP contribution >= 0.6 is 0 Å². The molecule has 0 saturated carbocycles. The second-order valence-electron chi connectivity index (χ2n) is 5.50. The largest absolute Gasteiger partial charge is 0.303 e. The van der Waals surface area contributed by atoms with Crippen molar-refractivity contribution in [3.8, 4) is 0 Å². The van der Waals surface area contributed by atoms with Gasteiger partial charge in [0.05, 0.1) is 6.61 Å². The molecule has 3 atom stereocenters. The number of nitrogens with one attached hydrogen (secondary N) is 1. The Kier molecular flexibility index (Phi) is 4.75. The molecule has 1 saturated heterocycles. The van der Waals surface area contributed by atoms with Crippen LogP contribution in [0.4, 0.5) is 0 Å². The van der Waals surface area contributed by atoms with Gasteiger partial charge in [0.1, 0.15) is 0 Å². The van der Waals surface area contributed by atoms with E-state index in [9.17, 15) is 0 Å². The summed E-state index contributed by atoms with van der Waals surface area (Å²) in [5.41, 5.74) is 4.45. The minimum absolute atomic E-state index is 0.458. The summed E-state index contributed by atoms with van der Waals surface area (Å²) in [6.45, 7) is 6.32. The highest BCUT2D eigenvalue weighted by atomic mass is 16.6. The van der Waals surface area contributed by atoms with Crippen molar-refractivity contribution in [2.24, 2.45) is 5.92 Å². The number of rotatable bonds is 4. The summed E-state index contributed by atoms with van der Waals surface area (Å²) in [7, 11) is 2.20. The number of piperidine rings is 1. The van der Waals surface area contributed by atoms with E-state index >= 15 is 0 Å². The fraction of sp³-hybridized carbons (Fsp3) is 0.600. The molecule has 1 heterocycles. The molecule has 1 aliphatic rings. The lowest BCUT2D eigenvalue weighted by Gasteiger charge is -2.39. The van der Waals surface area contributed by atoms with E-state index in [1.54, 1.807) is 0 Å². The van der Waals surface area contributed by atoms with Gasteiger partial charge in [-0.3, -0.25) is 4.84 Å². The lowest BCUT2D eigenvalue weighted by atomic mass is 9.90. The molecule has 0 spiro atoms. The molecular formula is C15H24N2O. The van der Waals surface area contributed by atoms with Gasteiger partial charge in [0.2, 0.25) is 0 Å². The van der Waals surface area contributed by atoms with Crippen LogP contribution in [0.5, 0.6) is 0 Å². The fourth-order valence-corrected chi connectivity index (χ4v) is 2.51. The van der Waals surface area contributed by atoms with Crippen molar-refractivity contribution in [1.82, 2.24) is 10.4 Å². The first kappa shape index (κ1) is 13.5. The fourth-order valence-electron chi connectivity index (χ4n) is 2.51. The minimum Gasteiger partial charge on any atom is -0.303 e. The molecule has 0 aliphatic carbocycles. The van der Waals surface area contributed by atoms with Crippen molar-refractivity contribution in [2.75, 3.05) is 13.6 Å². The Labute approximate surface area is 110 Å². The number of likely N-dealkylation sites (tertiary alicyclic amines) is 1. The smallest absolute Gasteiger partial charge is 0.0933 e. The van der Waals surface area contributed by atoms with Crippen LogP contribution in [0.1, 0.15) is 25.8 Å².